The van der Waals surface area contributed by atoms with E-state index < -0.39 is 0 Å². The molecule has 1 amide bonds. The van der Waals surface area contributed by atoms with Crippen LogP contribution in [0.2, 0.25) is 10.0 Å². The van der Waals surface area contributed by atoms with Crippen molar-refractivity contribution in [1.29, 1.82) is 0 Å². The Morgan fingerprint density at radius 2 is 1.88 bits per heavy atom. The average molecular weight is 602 g/mol. The van der Waals surface area contributed by atoms with Crippen molar-refractivity contribution < 1.29 is 9.53 Å². The van der Waals surface area contributed by atoms with Gasteiger partial charge >= 0.3 is 0 Å². The zero-order chi connectivity index (χ0) is 29.1. The summed E-state index contributed by atoms with van der Waals surface area (Å²) in [6, 6.07) is 20.5. The molecule has 3 aromatic heterocycles. The summed E-state index contributed by atoms with van der Waals surface area (Å²) in [6.07, 6.45) is 6.28. The van der Waals surface area contributed by atoms with E-state index in [1.165, 1.54) is 12.4 Å². The van der Waals surface area contributed by atoms with Crippen molar-refractivity contribution in [2.75, 3.05) is 13.2 Å². The van der Waals surface area contributed by atoms with Gasteiger partial charge in [-0.3, -0.25) is 19.7 Å². The van der Waals surface area contributed by atoms with Crippen molar-refractivity contribution in [3.8, 4) is 5.75 Å². The van der Waals surface area contributed by atoms with Crippen molar-refractivity contribution >= 4 is 40.1 Å². The molecule has 0 bridgehead atoms. The molecular weight excluding hydrogens is 571 g/mol. The minimum Gasteiger partial charge on any atom is -0.492 e. The van der Waals surface area contributed by atoms with Gasteiger partial charge in [0.1, 0.15) is 11.6 Å². The maximum atomic E-state index is 12.8. The zero-order valence-corrected chi connectivity index (χ0v) is 24.6. The number of carbonyl (C=O) groups excluding carboxylic acids is 1. The van der Waals surface area contributed by atoms with Crippen LogP contribution in [0.15, 0.2) is 79.3 Å². The van der Waals surface area contributed by atoms with Gasteiger partial charge < -0.3 is 14.6 Å². The van der Waals surface area contributed by atoms with E-state index >= 15 is 0 Å². The summed E-state index contributed by atoms with van der Waals surface area (Å²) in [5.74, 6) is 1.54. The van der Waals surface area contributed by atoms with Crippen LogP contribution in [-0.2, 0) is 26.6 Å². The van der Waals surface area contributed by atoms with E-state index in [2.05, 4.69) is 51.1 Å². The molecule has 1 N–H and O–H groups in total. The van der Waals surface area contributed by atoms with Gasteiger partial charge in [-0.15, -0.1) is 0 Å². The van der Waals surface area contributed by atoms with Crippen molar-refractivity contribution in [2.45, 2.75) is 32.0 Å². The number of rotatable bonds is 9. The van der Waals surface area contributed by atoms with Crippen LogP contribution in [0.5, 0.6) is 5.75 Å². The number of hydrogen-bond acceptors (Lipinski definition) is 6. The van der Waals surface area contributed by atoms with Crippen LogP contribution in [0.1, 0.15) is 45.5 Å². The van der Waals surface area contributed by atoms with Gasteiger partial charge in [0.05, 0.1) is 45.0 Å². The lowest BCUT2D eigenvalue weighted by atomic mass is 10.0. The first-order valence-electron chi connectivity index (χ1n) is 13.8. The van der Waals surface area contributed by atoms with E-state index in [1.807, 2.05) is 42.6 Å². The highest BCUT2D eigenvalue weighted by Crippen LogP contribution is 2.35. The van der Waals surface area contributed by atoms with Gasteiger partial charge in [-0.05, 0) is 35.4 Å². The fourth-order valence-electron chi connectivity index (χ4n) is 5.53. The smallest absolute Gasteiger partial charge is 0.254 e. The Bertz CT molecular complexity index is 1720. The van der Waals surface area contributed by atoms with Crippen molar-refractivity contribution in [2.24, 2.45) is 7.05 Å². The standard InChI is InChI=1S/C32H30Cl2N6O2/c1-39-26-9-3-2-8-25(26)38-29(39)11-14-40(27-12-15-42-28-10-5-13-36-31(27)28)20-22-7-4-6-21(16-22)17-37-32(41)30-23(33)18-35-19-24(30)34/h2-10,13,16,18-19,27H,11-12,14-15,17,20H2,1H3,(H,37,41). The molecule has 5 aromatic rings. The molecule has 1 atom stereocenters. The molecule has 0 fully saturated rings. The topological polar surface area (TPSA) is 85.2 Å². The van der Waals surface area contributed by atoms with Gasteiger partial charge in [0.25, 0.3) is 5.91 Å². The number of nitrogens with zero attached hydrogens (tertiary/aromatic N) is 5. The maximum Gasteiger partial charge on any atom is 0.254 e. The van der Waals surface area contributed by atoms with Crippen LogP contribution >= 0.6 is 23.2 Å². The van der Waals surface area contributed by atoms with E-state index in [1.54, 1.807) is 0 Å². The molecule has 0 aliphatic carbocycles. The highest BCUT2D eigenvalue weighted by atomic mass is 35.5. The number of para-hydroxylation sites is 2. The van der Waals surface area contributed by atoms with Crippen LogP contribution < -0.4 is 10.1 Å². The van der Waals surface area contributed by atoms with Gasteiger partial charge in [-0.25, -0.2) is 4.98 Å². The van der Waals surface area contributed by atoms with Gasteiger partial charge in [0.15, 0.2) is 0 Å². The van der Waals surface area contributed by atoms with E-state index in [0.717, 1.165) is 58.8 Å². The second-order valence-corrected chi connectivity index (χ2v) is 11.1. The number of hydrogen-bond donors (Lipinski definition) is 1. The second kappa shape index (κ2) is 12.5. The highest BCUT2D eigenvalue weighted by molar-refractivity contribution is 6.39. The number of ether oxygens (including phenoxy) is 1. The minimum absolute atomic E-state index is 0.101. The summed E-state index contributed by atoms with van der Waals surface area (Å²) < 4.78 is 8.11. The summed E-state index contributed by atoms with van der Waals surface area (Å²) in [7, 11) is 2.07. The Balaban J connectivity index is 1.22. The Kier molecular flexibility index (Phi) is 8.37. The number of aromatic nitrogens is 4. The molecule has 0 radical (unpaired) electrons. The van der Waals surface area contributed by atoms with Crippen LogP contribution in [0, 0.1) is 0 Å². The normalized spacial score (nSPS) is 14.5. The van der Waals surface area contributed by atoms with E-state index in [-0.39, 0.29) is 27.6 Å². The first-order chi connectivity index (χ1) is 20.5. The minimum atomic E-state index is -0.341. The maximum absolute atomic E-state index is 12.8. The quantitative estimate of drug-likeness (QED) is 0.218. The third kappa shape index (κ3) is 5.97. The van der Waals surface area contributed by atoms with E-state index in [0.29, 0.717) is 19.7 Å². The van der Waals surface area contributed by atoms with Crippen molar-refractivity contribution in [3.63, 3.8) is 0 Å². The number of amides is 1. The predicted octanol–water partition coefficient (Wildman–Crippen LogP) is 6.17. The predicted molar refractivity (Wildman–Crippen MR) is 164 cm³/mol. The van der Waals surface area contributed by atoms with Crippen LogP contribution in [0.4, 0.5) is 0 Å². The third-order valence-corrected chi connectivity index (χ3v) is 8.19. The molecule has 2 aromatic carbocycles. The lowest BCUT2D eigenvalue weighted by Gasteiger charge is -2.35. The SMILES string of the molecule is Cn1c(CCN(Cc2cccc(CNC(=O)c3c(Cl)cncc3Cl)c2)C2CCOc3cccnc32)nc2ccccc21. The lowest BCUT2D eigenvalue weighted by molar-refractivity contribution is 0.0951. The molecule has 1 unspecified atom stereocenters. The number of aryl methyl sites for hydroxylation is 1. The number of pyridine rings is 2. The summed E-state index contributed by atoms with van der Waals surface area (Å²) in [4.78, 5) is 28.8. The molecule has 8 nitrogen and oxygen atoms in total. The molecule has 214 valence electrons. The molecule has 0 saturated carbocycles. The van der Waals surface area contributed by atoms with Crippen LogP contribution in [-0.4, -0.2) is 43.5 Å². The first-order valence-corrected chi connectivity index (χ1v) is 14.6. The molecule has 4 heterocycles. The molecule has 1 aliphatic heterocycles. The molecule has 0 spiro atoms. The Labute approximate surface area is 254 Å². The van der Waals surface area contributed by atoms with Crippen LogP contribution in [0.25, 0.3) is 11.0 Å². The largest absolute Gasteiger partial charge is 0.492 e. The van der Waals surface area contributed by atoms with Crippen molar-refractivity contribution in [3.05, 3.63) is 118 Å². The molecule has 6 rings (SSSR count). The summed E-state index contributed by atoms with van der Waals surface area (Å²) in [5.41, 5.74) is 5.43. The molecule has 42 heavy (non-hydrogen) atoms. The number of halogens is 2. The van der Waals surface area contributed by atoms with E-state index in [9.17, 15) is 4.79 Å². The monoisotopic (exact) mass is 600 g/mol. The van der Waals surface area contributed by atoms with Gasteiger partial charge in [-0.2, -0.15) is 0 Å². The third-order valence-electron chi connectivity index (χ3n) is 7.62. The average Bonchev–Trinajstić information content (AvgIpc) is 3.33. The Hall–Kier alpha value is -3.98. The molecule has 10 heteroatoms. The van der Waals surface area contributed by atoms with Crippen LogP contribution in [0.3, 0.4) is 0 Å². The second-order valence-electron chi connectivity index (χ2n) is 10.3. The first kappa shape index (κ1) is 28.2. The number of imidazole rings is 1. The molecule has 1 aliphatic rings. The summed E-state index contributed by atoms with van der Waals surface area (Å²) >= 11 is 12.3. The molecule has 0 saturated heterocycles. The molecular formula is C32H30Cl2N6O2. The number of fused-ring (bicyclic) bond motifs is 2. The van der Waals surface area contributed by atoms with Gasteiger partial charge in [0, 0.05) is 58.1 Å². The number of nitrogens with one attached hydrogen (secondary N) is 1. The fourth-order valence-corrected chi connectivity index (χ4v) is 6.06. The number of carbonyl (C=O) groups is 1. The number of benzene rings is 2. The Morgan fingerprint density at radius 3 is 2.71 bits per heavy atom. The van der Waals surface area contributed by atoms with Gasteiger partial charge in [0.2, 0.25) is 0 Å². The van der Waals surface area contributed by atoms with E-state index in [4.69, 9.17) is 37.9 Å². The highest BCUT2D eigenvalue weighted by Gasteiger charge is 2.29. The van der Waals surface area contributed by atoms with Crippen molar-refractivity contribution in [1.82, 2.24) is 29.7 Å². The fraction of sp³-hybridized carbons (Fsp3) is 0.250. The lowest BCUT2D eigenvalue weighted by Crippen LogP contribution is -2.34. The zero-order valence-electron chi connectivity index (χ0n) is 23.1. The Morgan fingerprint density at radius 1 is 1.07 bits per heavy atom. The summed E-state index contributed by atoms with van der Waals surface area (Å²) in [5, 5.41) is 3.37. The van der Waals surface area contributed by atoms with Gasteiger partial charge in [-0.1, -0.05) is 59.6 Å². The summed E-state index contributed by atoms with van der Waals surface area (Å²) in [6.45, 7) is 2.47.